The van der Waals surface area contributed by atoms with Gasteiger partial charge in [-0.1, -0.05) is 0 Å². The van der Waals surface area contributed by atoms with Crippen LogP contribution in [0.4, 0.5) is 0 Å². The highest BCUT2D eigenvalue weighted by atomic mass is 79.9. The van der Waals surface area contributed by atoms with Gasteiger partial charge >= 0.3 is 5.97 Å². The number of ether oxygens (including phenoxy) is 1. The van der Waals surface area contributed by atoms with E-state index < -0.39 is 0 Å². The Balaban J connectivity index is 2.65. The molecule has 0 atom stereocenters. The molecular formula is C9H6BrNO2. The van der Waals surface area contributed by atoms with Gasteiger partial charge in [-0.25, -0.2) is 4.79 Å². The third-order valence-corrected chi connectivity index (χ3v) is 2.21. The van der Waals surface area contributed by atoms with E-state index in [0.29, 0.717) is 17.0 Å². The molecule has 0 bridgehead atoms. The second kappa shape index (κ2) is 2.96. The van der Waals surface area contributed by atoms with Crippen molar-refractivity contribution in [3.8, 4) is 0 Å². The summed E-state index contributed by atoms with van der Waals surface area (Å²) in [5, 5.41) is 0. The monoisotopic (exact) mass is 239 g/mol. The lowest BCUT2D eigenvalue weighted by atomic mass is 10.2. The Kier molecular flexibility index (Phi) is 1.92. The Labute approximate surface area is 83.6 Å². The van der Waals surface area contributed by atoms with E-state index in [-0.39, 0.29) is 5.97 Å². The first-order valence-electron chi connectivity index (χ1n) is 3.77. The fourth-order valence-electron chi connectivity index (χ4n) is 1.19. The second-order valence-electron chi connectivity index (χ2n) is 2.59. The Bertz CT molecular complexity index is 412. The number of aromatic nitrogens is 1. The van der Waals surface area contributed by atoms with Crippen molar-refractivity contribution >= 4 is 27.7 Å². The van der Waals surface area contributed by atoms with Crippen molar-refractivity contribution in [3.05, 3.63) is 34.1 Å². The molecule has 0 radical (unpaired) electrons. The van der Waals surface area contributed by atoms with Gasteiger partial charge in [0.15, 0.2) is 5.76 Å². The van der Waals surface area contributed by atoms with E-state index in [9.17, 15) is 4.79 Å². The molecule has 66 valence electrons. The third kappa shape index (κ3) is 1.27. The molecular weight excluding hydrogens is 234 g/mol. The molecule has 2 heterocycles. The highest BCUT2D eigenvalue weighted by Gasteiger charge is 2.27. The van der Waals surface area contributed by atoms with Gasteiger partial charge in [-0.2, -0.15) is 0 Å². The molecule has 0 saturated carbocycles. The molecule has 0 N–H and O–H groups in total. The highest BCUT2D eigenvalue weighted by Crippen LogP contribution is 2.29. The smallest absolute Gasteiger partial charge is 0.345 e. The number of nitrogens with zero attached hydrogens (tertiary/aromatic N) is 1. The van der Waals surface area contributed by atoms with Crippen LogP contribution in [0.15, 0.2) is 22.8 Å². The maximum atomic E-state index is 11.3. The number of carbonyl (C=O) groups is 1. The van der Waals surface area contributed by atoms with Crippen LogP contribution in [0.3, 0.4) is 0 Å². The minimum absolute atomic E-state index is 0.336. The van der Waals surface area contributed by atoms with Crippen molar-refractivity contribution in [2.45, 2.75) is 6.92 Å². The molecule has 2 rings (SSSR count). The van der Waals surface area contributed by atoms with Gasteiger partial charge in [-0.15, -0.1) is 0 Å². The minimum atomic E-state index is -0.336. The molecule has 0 amide bonds. The van der Waals surface area contributed by atoms with Gasteiger partial charge in [0.25, 0.3) is 0 Å². The van der Waals surface area contributed by atoms with Gasteiger partial charge in [0.2, 0.25) is 0 Å². The second-order valence-corrected chi connectivity index (χ2v) is 3.51. The number of rotatable bonds is 0. The SMILES string of the molecule is C/C=C1/OC(=O)c2cc(Br)cnc21. The normalized spacial score (nSPS) is 17.4. The average molecular weight is 240 g/mol. The molecule has 0 saturated heterocycles. The van der Waals surface area contributed by atoms with Crippen LogP contribution in [0.1, 0.15) is 23.0 Å². The Morgan fingerprint density at radius 2 is 2.38 bits per heavy atom. The predicted molar refractivity (Wildman–Crippen MR) is 51.0 cm³/mol. The van der Waals surface area contributed by atoms with Gasteiger partial charge in [-0.3, -0.25) is 4.98 Å². The zero-order valence-corrected chi connectivity index (χ0v) is 8.46. The van der Waals surface area contributed by atoms with E-state index in [1.165, 1.54) is 0 Å². The molecule has 1 aliphatic rings. The van der Waals surface area contributed by atoms with Crippen LogP contribution >= 0.6 is 15.9 Å². The molecule has 13 heavy (non-hydrogen) atoms. The number of esters is 1. The summed E-state index contributed by atoms with van der Waals surface area (Å²) in [4.78, 5) is 15.4. The number of fused-ring (bicyclic) bond motifs is 1. The van der Waals surface area contributed by atoms with Crippen molar-refractivity contribution in [3.63, 3.8) is 0 Å². The first kappa shape index (κ1) is 8.44. The molecule has 1 aromatic rings. The van der Waals surface area contributed by atoms with Gasteiger partial charge in [0.05, 0.1) is 5.56 Å². The number of hydrogen-bond donors (Lipinski definition) is 0. The first-order valence-corrected chi connectivity index (χ1v) is 4.56. The maximum Gasteiger partial charge on any atom is 0.345 e. The molecule has 0 unspecified atom stereocenters. The summed E-state index contributed by atoms with van der Waals surface area (Å²) in [6, 6.07) is 1.71. The van der Waals surface area contributed by atoms with E-state index in [1.807, 2.05) is 0 Å². The van der Waals surface area contributed by atoms with E-state index in [1.54, 1.807) is 25.3 Å². The summed E-state index contributed by atoms with van der Waals surface area (Å²) in [5.41, 5.74) is 1.14. The van der Waals surface area contributed by atoms with Crippen molar-refractivity contribution in [2.75, 3.05) is 0 Å². The molecule has 1 aromatic heterocycles. The molecule has 4 heteroatoms. The molecule has 1 aliphatic heterocycles. The van der Waals surface area contributed by atoms with Crippen LogP contribution in [0.2, 0.25) is 0 Å². The Morgan fingerprint density at radius 3 is 3.08 bits per heavy atom. The molecule has 0 fully saturated rings. The largest absolute Gasteiger partial charge is 0.421 e. The number of pyridine rings is 1. The van der Waals surface area contributed by atoms with E-state index in [4.69, 9.17) is 4.74 Å². The Morgan fingerprint density at radius 1 is 1.62 bits per heavy atom. The van der Waals surface area contributed by atoms with Crippen molar-refractivity contribution in [1.29, 1.82) is 0 Å². The lowest BCUT2D eigenvalue weighted by molar-refractivity contribution is 0.0715. The fourth-order valence-corrected chi connectivity index (χ4v) is 1.52. The van der Waals surface area contributed by atoms with Crippen LogP contribution in [-0.2, 0) is 4.74 Å². The minimum Gasteiger partial charge on any atom is -0.421 e. The molecule has 0 spiro atoms. The summed E-state index contributed by atoms with van der Waals surface area (Å²) in [5.74, 6) is 0.199. The molecule has 0 aromatic carbocycles. The molecule has 0 aliphatic carbocycles. The summed E-state index contributed by atoms with van der Waals surface area (Å²) in [7, 11) is 0. The fraction of sp³-hybridized carbons (Fsp3) is 0.111. The van der Waals surface area contributed by atoms with Crippen LogP contribution in [0, 0.1) is 0 Å². The molecule has 3 nitrogen and oxygen atoms in total. The van der Waals surface area contributed by atoms with Crippen LogP contribution < -0.4 is 0 Å². The number of halogens is 1. The zero-order valence-electron chi connectivity index (χ0n) is 6.87. The highest BCUT2D eigenvalue weighted by molar-refractivity contribution is 9.10. The maximum absolute atomic E-state index is 11.3. The van der Waals surface area contributed by atoms with Crippen molar-refractivity contribution < 1.29 is 9.53 Å². The summed E-state index contributed by atoms with van der Waals surface area (Å²) >= 11 is 3.24. The summed E-state index contributed by atoms with van der Waals surface area (Å²) < 4.78 is 5.75. The van der Waals surface area contributed by atoms with Crippen LogP contribution in [0.5, 0.6) is 0 Å². The van der Waals surface area contributed by atoms with E-state index in [2.05, 4.69) is 20.9 Å². The van der Waals surface area contributed by atoms with Crippen molar-refractivity contribution in [2.24, 2.45) is 0 Å². The number of hydrogen-bond acceptors (Lipinski definition) is 3. The van der Waals surface area contributed by atoms with Gasteiger partial charge in [0.1, 0.15) is 5.69 Å². The quantitative estimate of drug-likeness (QED) is 0.653. The van der Waals surface area contributed by atoms with Crippen LogP contribution in [-0.4, -0.2) is 11.0 Å². The van der Waals surface area contributed by atoms with E-state index in [0.717, 1.165) is 4.47 Å². The Hall–Kier alpha value is -1.16. The average Bonchev–Trinajstić information content (AvgIpc) is 2.43. The van der Waals surface area contributed by atoms with E-state index >= 15 is 0 Å². The topological polar surface area (TPSA) is 39.2 Å². The standard InChI is InChI=1S/C9H6BrNO2/c1-2-7-8-6(9(12)13-7)3-5(10)4-11-8/h2-4H,1H3/b7-2+. The lowest BCUT2D eigenvalue weighted by Gasteiger charge is -1.94. The van der Waals surface area contributed by atoms with Gasteiger partial charge in [0, 0.05) is 10.7 Å². The summed E-state index contributed by atoms with van der Waals surface area (Å²) in [6.07, 6.45) is 3.37. The van der Waals surface area contributed by atoms with Crippen molar-refractivity contribution in [1.82, 2.24) is 4.98 Å². The predicted octanol–water partition coefficient (Wildman–Crippen LogP) is 2.38. The van der Waals surface area contributed by atoms with Gasteiger partial charge < -0.3 is 4.74 Å². The van der Waals surface area contributed by atoms with Gasteiger partial charge in [-0.05, 0) is 35.0 Å². The lowest BCUT2D eigenvalue weighted by Crippen LogP contribution is -1.93. The zero-order chi connectivity index (χ0) is 9.42. The summed E-state index contributed by atoms with van der Waals surface area (Å²) in [6.45, 7) is 1.81. The number of allylic oxidation sites excluding steroid dienone is 1. The first-order chi connectivity index (χ1) is 6.22. The number of cyclic esters (lactones) is 1. The van der Waals surface area contributed by atoms with Crippen LogP contribution in [0.25, 0.3) is 5.76 Å². The third-order valence-electron chi connectivity index (χ3n) is 1.77. The number of carbonyl (C=O) groups excluding carboxylic acids is 1.